The normalized spacial score (nSPS) is 29.4. The number of ether oxygens (including phenoxy) is 2. The fraction of sp³-hybridized carbons (Fsp3) is 1.00. The first-order chi connectivity index (χ1) is 8.94. The van der Waals surface area contributed by atoms with Crippen LogP contribution in [0.15, 0.2) is 0 Å². The van der Waals surface area contributed by atoms with Gasteiger partial charge in [-0.3, -0.25) is 0 Å². The second kappa shape index (κ2) is 5.97. The fourth-order valence-electron chi connectivity index (χ4n) is 3.25. The summed E-state index contributed by atoms with van der Waals surface area (Å²) in [4.78, 5) is 0. The molecule has 0 aliphatic carbocycles. The monoisotopic (exact) mass is 281 g/mol. The number of halogens is 3. The van der Waals surface area contributed by atoms with Crippen LogP contribution in [-0.4, -0.2) is 44.7 Å². The number of alkyl halides is 3. The van der Waals surface area contributed by atoms with Gasteiger partial charge in [-0.05, 0) is 38.6 Å². The molecule has 0 aromatic rings. The molecule has 2 heterocycles. The average molecular weight is 281 g/mol. The van der Waals surface area contributed by atoms with Gasteiger partial charge in [0.1, 0.15) is 0 Å². The summed E-state index contributed by atoms with van der Waals surface area (Å²) in [5, 5.41) is 2.84. The zero-order chi connectivity index (χ0) is 13.9. The predicted octanol–water partition coefficient (Wildman–Crippen LogP) is 2.50. The Labute approximate surface area is 111 Å². The first-order valence-corrected chi connectivity index (χ1v) is 6.90. The lowest BCUT2D eigenvalue weighted by molar-refractivity contribution is -0.166. The molecule has 6 heteroatoms. The average Bonchev–Trinajstić information content (AvgIpc) is 2.36. The zero-order valence-electron chi connectivity index (χ0n) is 11.3. The smallest absolute Gasteiger partial charge is 0.381 e. The Morgan fingerprint density at radius 3 is 2.53 bits per heavy atom. The summed E-state index contributed by atoms with van der Waals surface area (Å²) in [5.74, 6) is 0.0264. The highest BCUT2D eigenvalue weighted by atomic mass is 19.4. The quantitative estimate of drug-likeness (QED) is 0.862. The van der Waals surface area contributed by atoms with Crippen molar-refractivity contribution in [1.82, 2.24) is 5.32 Å². The summed E-state index contributed by atoms with van der Waals surface area (Å²) in [7, 11) is 1.61. The van der Waals surface area contributed by atoms with Gasteiger partial charge in [-0.2, -0.15) is 13.2 Å². The molecule has 0 aromatic carbocycles. The van der Waals surface area contributed by atoms with E-state index < -0.39 is 18.6 Å². The number of rotatable bonds is 3. The molecule has 19 heavy (non-hydrogen) atoms. The topological polar surface area (TPSA) is 30.5 Å². The minimum atomic E-state index is -4.12. The Balaban J connectivity index is 1.98. The largest absolute Gasteiger partial charge is 0.390 e. The van der Waals surface area contributed by atoms with Crippen LogP contribution in [-0.2, 0) is 9.47 Å². The van der Waals surface area contributed by atoms with Crippen LogP contribution < -0.4 is 5.32 Å². The van der Waals surface area contributed by atoms with Gasteiger partial charge in [-0.15, -0.1) is 0 Å². The second-order valence-corrected chi connectivity index (χ2v) is 5.61. The maximum atomic E-state index is 12.6. The van der Waals surface area contributed by atoms with Crippen molar-refractivity contribution in [3.63, 3.8) is 0 Å². The molecule has 2 fully saturated rings. The van der Waals surface area contributed by atoms with Crippen molar-refractivity contribution >= 4 is 0 Å². The van der Waals surface area contributed by atoms with Gasteiger partial charge in [0.25, 0.3) is 0 Å². The van der Waals surface area contributed by atoms with E-state index in [1.807, 2.05) is 0 Å². The van der Waals surface area contributed by atoms with Gasteiger partial charge in [0.05, 0.1) is 12.0 Å². The molecule has 3 nitrogen and oxygen atoms in total. The molecule has 0 bridgehead atoms. The van der Waals surface area contributed by atoms with Crippen LogP contribution >= 0.6 is 0 Å². The van der Waals surface area contributed by atoms with Gasteiger partial charge >= 0.3 is 6.18 Å². The molecule has 2 rings (SSSR count). The molecule has 1 N–H and O–H groups in total. The van der Waals surface area contributed by atoms with Crippen LogP contribution in [0.1, 0.15) is 32.1 Å². The molecule has 2 atom stereocenters. The van der Waals surface area contributed by atoms with Crippen molar-refractivity contribution < 1.29 is 22.6 Å². The van der Waals surface area contributed by atoms with Crippen molar-refractivity contribution in [2.75, 3.05) is 26.9 Å². The highest BCUT2D eigenvalue weighted by Crippen LogP contribution is 2.40. The van der Waals surface area contributed by atoms with E-state index in [0.29, 0.717) is 32.7 Å². The molecule has 0 amide bonds. The number of hydrogen-bond acceptors (Lipinski definition) is 3. The van der Waals surface area contributed by atoms with E-state index in [9.17, 15) is 13.2 Å². The summed E-state index contributed by atoms with van der Waals surface area (Å²) < 4.78 is 49.0. The number of hydrogen-bond donors (Lipinski definition) is 1. The Hall–Kier alpha value is -0.330. The SMILES string of the molecule is CNC(CC(F)(F)F)C1CCOC2(CCOCC2)C1. The Kier molecular flexibility index (Phi) is 4.74. The van der Waals surface area contributed by atoms with E-state index in [1.165, 1.54) is 0 Å². The predicted molar refractivity (Wildman–Crippen MR) is 65.0 cm³/mol. The molecule has 0 saturated carbocycles. The van der Waals surface area contributed by atoms with Crippen LogP contribution in [0.2, 0.25) is 0 Å². The van der Waals surface area contributed by atoms with Crippen molar-refractivity contribution in [3.8, 4) is 0 Å². The molecule has 0 aromatic heterocycles. The van der Waals surface area contributed by atoms with Crippen molar-refractivity contribution in [2.45, 2.75) is 49.9 Å². The molecule has 2 unspecified atom stereocenters. The summed E-state index contributed by atoms with van der Waals surface area (Å²) in [6, 6.07) is -0.511. The Bertz CT molecular complexity index is 285. The molecule has 2 aliphatic heterocycles. The van der Waals surface area contributed by atoms with Crippen LogP contribution in [0.25, 0.3) is 0 Å². The van der Waals surface area contributed by atoms with Gasteiger partial charge in [0.15, 0.2) is 0 Å². The third-order valence-electron chi connectivity index (χ3n) is 4.33. The number of nitrogens with one attached hydrogen (secondary N) is 1. The molecule has 0 radical (unpaired) electrons. The van der Waals surface area contributed by atoms with Crippen LogP contribution in [0.3, 0.4) is 0 Å². The van der Waals surface area contributed by atoms with Crippen LogP contribution in [0.4, 0.5) is 13.2 Å². The summed E-state index contributed by atoms with van der Waals surface area (Å²) >= 11 is 0. The van der Waals surface area contributed by atoms with Crippen molar-refractivity contribution in [1.29, 1.82) is 0 Å². The first-order valence-electron chi connectivity index (χ1n) is 6.90. The molecule has 1 spiro atoms. The highest BCUT2D eigenvalue weighted by Gasteiger charge is 2.43. The molecule has 2 saturated heterocycles. The lowest BCUT2D eigenvalue weighted by Gasteiger charge is -2.45. The van der Waals surface area contributed by atoms with Crippen LogP contribution in [0.5, 0.6) is 0 Å². The van der Waals surface area contributed by atoms with Crippen molar-refractivity contribution in [2.24, 2.45) is 5.92 Å². The first kappa shape index (κ1) is 15.1. The Morgan fingerprint density at radius 1 is 1.26 bits per heavy atom. The molecule has 2 aliphatic rings. The van der Waals surface area contributed by atoms with Gasteiger partial charge in [0, 0.05) is 25.9 Å². The van der Waals surface area contributed by atoms with E-state index in [-0.39, 0.29) is 11.5 Å². The highest BCUT2D eigenvalue weighted by molar-refractivity contribution is 4.93. The van der Waals surface area contributed by atoms with Gasteiger partial charge < -0.3 is 14.8 Å². The molecular weight excluding hydrogens is 259 g/mol. The Morgan fingerprint density at radius 2 is 1.95 bits per heavy atom. The van der Waals surface area contributed by atoms with Gasteiger partial charge in [-0.25, -0.2) is 0 Å². The van der Waals surface area contributed by atoms with E-state index >= 15 is 0 Å². The minimum absolute atomic E-state index is 0.0264. The third-order valence-corrected chi connectivity index (χ3v) is 4.33. The maximum absolute atomic E-state index is 12.6. The third kappa shape index (κ3) is 4.07. The van der Waals surface area contributed by atoms with E-state index in [2.05, 4.69) is 5.32 Å². The molecule has 112 valence electrons. The van der Waals surface area contributed by atoms with E-state index in [4.69, 9.17) is 9.47 Å². The summed E-state index contributed by atoms with van der Waals surface area (Å²) in [5.41, 5.74) is -0.248. The van der Waals surface area contributed by atoms with E-state index in [0.717, 1.165) is 12.8 Å². The lowest BCUT2D eigenvalue weighted by Crippen LogP contribution is -2.49. The van der Waals surface area contributed by atoms with E-state index in [1.54, 1.807) is 7.05 Å². The summed E-state index contributed by atoms with van der Waals surface area (Å²) in [6.45, 7) is 1.85. The fourth-order valence-corrected chi connectivity index (χ4v) is 3.25. The lowest BCUT2D eigenvalue weighted by atomic mass is 9.77. The molecular formula is C13H22F3NO2. The second-order valence-electron chi connectivity index (χ2n) is 5.61. The van der Waals surface area contributed by atoms with Gasteiger partial charge in [-0.1, -0.05) is 0 Å². The van der Waals surface area contributed by atoms with Crippen LogP contribution in [0, 0.1) is 5.92 Å². The van der Waals surface area contributed by atoms with Gasteiger partial charge in [0.2, 0.25) is 0 Å². The zero-order valence-corrected chi connectivity index (χ0v) is 11.3. The van der Waals surface area contributed by atoms with Crippen molar-refractivity contribution in [3.05, 3.63) is 0 Å². The summed E-state index contributed by atoms with van der Waals surface area (Å²) in [6.07, 6.45) is -1.88. The minimum Gasteiger partial charge on any atom is -0.381 e. The standard InChI is InChI=1S/C13H22F3NO2/c1-17-11(9-13(14,15)16)10-2-5-19-12(8-10)3-6-18-7-4-12/h10-11,17H,2-9H2,1H3. The maximum Gasteiger partial charge on any atom is 0.390 e.